The number of anilines is 1. The molecule has 0 aliphatic carbocycles. The highest BCUT2D eigenvalue weighted by Crippen LogP contribution is 2.31. The van der Waals surface area contributed by atoms with E-state index in [2.05, 4.69) is 20.1 Å². The molecule has 0 saturated carbocycles. The smallest absolute Gasteiger partial charge is 0.246 e. The molecule has 0 atom stereocenters. The lowest BCUT2D eigenvalue weighted by molar-refractivity contribution is -0.117. The van der Waals surface area contributed by atoms with Gasteiger partial charge in [-0.05, 0) is 43.2 Å². The van der Waals surface area contributed by atoms with E-state index in [4.69, 9.17) is 4.74 Å². The van der Waals surface area contributed by atoms with Gasteiger partial charge in [0.1, 0.15) is 10.6 Å². The van der Waals surface area contributed by atoms with Crippen LogP contribution in [-0.2, 0) is 21.4 Å². The number of piperazine rings is 1. The molecule has 10 heteroatoms. The zero-order valence-corrected chi connectivity index (χ0v) is 20.5. The molecule has 2 fully saturated rings. The average Bonchev–Trinajstić information content (AvgIpc) is 2.86. The van der Waals surface area contributed by atoms with E-state index in [1.54, 1.807) is 18.3 Å². The number of piperidine rings is 1. The van der Waals surface area contributed by atoms with Crippen LogP contribution in [0.2, 0.25) is 0 Å². The number of rotatable bonds is 8. The van der Waals surface area contributed by atoms with Crippen LogP contribution < -0.4 is 10.1 Å². The molecular weight excluding hydrogens is 454 g/mol. The van der Waals surface area contributed by atoms with E-state index in [-0.39, 0.29) is 23.1 Å². The maximum absolute atomic E-state index is 13.2. The third kappa shape index (κ3) is 6.12. The number of hydrogen-bond donors (Lipinski definition) is 1. The van der Waals surface area contributed by atoms with Crippen LogP contribution >= 0.6 is 0 Å². The van der Waals surface area contributed by atoms with E-state index in [9.17, 15) is 13.2 Å². The van der Waals surface area contributed by atoms with E-state index in [1.807, 2.05) is 18.2 Å². The first-order valence-electron chi connectivity index (χ1n) is 11.8. The maximum Gasteiger partial charge on any atom is 0.246 e. The van der Waals surface area contributed by atoms with Gasteiger partial charge in [-0.1, -0.05) is 12.5 Å². The van der Waals surface area contributed by atoms with Crippen LogP contribution in [0, 0.1) is 0 Å². The Morgan fingerprint density at radius 1 is 1.00 bits per heavy atom. The predicted molar refractivity (Wildman–Crippen MR) is 130 cm³/mol. The van der Waals surface area contributed by atoms with Crippen molar-refractivity contribution in [2.24, 2.45) is 0 Å². The van der Waals surface area contributed by atoms with E-state index >= 15 is 0 Å². The van der Waals surface area contributed by atoms with Gasteiger partial charge in [-0.15, -0.1) is 0 Å². The van der Waals surface area contributed by atoms with Crippen molar-refractivity contribution in [3.8, 4) is 5.75 Å². The number of hydrogen-bond acceptors (Lipinski definition) is 7. The fraction of sp³-hybridized carbons (Fsp3) is 0.500. The highest BCUT2D eigenvalue weighted by atomic mass is 32.2. The van der Waals surface area contributed by atoms with Crippen LogP contribution in [0.25, 0.3) is 0 Å². The summed E-state index contributed by atoms with van der Waals surface area (Å²) in [6.45, 7) is 5.39. The molecule has 0 bridgehead atoms. The second kappa shape index (κ2) is 11.3. The summed E-state index contributed by atoms with van der Waals surface area (Å²) in [6, 6.07) is 10.7. The number of ether oxygens (including phenoxy) is 1. The summed E-state index contributed by atoms with van der Waals surface area (Å²) in [4.78, 5) is 21.6. The van der Waals surface area contributed by atoms with E-state index in [1.165, 1.54) is 17.5 Å². The third-order valence-corrected chi connectivity index (χ3v) is 8.24. The Labute approximate surface area is 201 Å². The molecule has 0 unspecified atom stereocenters. The lowest BCUT2D eigenvalue weighted by Crippen LogP contribution is -2.48. The Kier molecular flexibility index (Phi) is 8.15. The standard InChI is InChI=1S/C24H33N5O4S/c1-33-22-9-8-20(17-23(22)34(31,32)29-11-5-2-6-12-29)26-24(30)19-28-15-13-27(14-16-28)18-21-7-3-4-10-25-21/h3-4,7-10,17H,2,5-6,11-16,18-19H2,1H3,(H,26,30). The molecule has 2 saturated heterocycles. The number of amides is 1. The molecule has 1 aromatic carbocycles. The summed E-state index contributed by atoms with van der Waals surface area (Å²) in [5.74, 6) is 0.122. The Hall–Kier alpha value is -2.53. The van der Waals surface area contributed by atoms with Gasteiger partial charge >= 0.3 is 0 Å². The van der Waals surface area contributed by atoms with Gasteiger partial charge < -0.3 is 10.1 Å². The quantitative estimate of drug-likeness (QED) is 0.609. The largest absolute Gasteiger partial charge is 0.495 e. The second-order valence-corrected chi connectivity index (χ2v) is 10.7. The zero-order chi connectivity index (χ0) is 24.0. The fourth-order valence-corrected chi connectivity index (χ4v) is 6.13. The molecule has 2 aliphatic rings. The lowest BCUT2D eigenvalue weighted by Gasteiger charge is -2.34. The van der Waals surface area contributed by atoms with E-state index in [0.29, 0.717) is 18.8 Å². The molecule has 9 nitrogen and oxygen atoms in total. The first-order chi connectivity index (χ1) is 16.5. The van der Waals surface area contributed by atoms with Gasteiger partial charge in [-0.25, -0.2) is 8.42 Å². The van der Waals surface area contributed by atoms with Crippen LogP contribution in [0.15, 0.2) is 47.5 Å². The molecule has 2 aromatic rings. The van der Waals surface area contributed by atoms with Crippen LogP contribution in [0.1, 0.15) is 25.0 Å². The van der Waals surface area contributed by atoms with Gasteiger partial charge in [0.25, 0.3) is 0 Å². The van der Waals surface area contributed by atoms with Crippen LogP contribution in [0.3, 0.4) is 0 Å². The Bertz CT molecular complexity index is 1070. The van der Waals surface area contributed by atoms with Gasteiger partial charge in [0, 0.05) is 57.7 Å². The van der Waals surface area contributed by atoms with Crippen molar-refractivity contribution in [3.05, 3.63) is 48.3 Å². The minimum Gasteiger partial charge on any atom is -0.495 e. The molecule has 1 N–H and O–H groups in total. The molecule has 184 valence electrons. The van der Waals surface area contributed by atoms with Gasteiger partial charge in [-0.3, -0.25) is 19.6 Å². The average molecular weight is 488 g/mol. The number of nitrogens with zero attached hydrogens (tertiary/aromatic N) is 4. The highest BCUT2D eigenvalue weighted by Gasteiger charge is 2.29. The van der Waals surface area contributed by atoms with Crippen LogP contribution in [0.4, 0.5) is 5.69 Å². The third-order valence-electron chi connectivity index (χ3n) is 6.32. The van der Waals surface area contributed by atoms with Crippen molar-refractivity contribution < 1.29 is 17.9 Å². The normalized spacial score (nSPS) is 18.5. The number of carbonyl (C=O) groups is 1. The predicted octanol–water partition coefficient (Wildman–Crippen LogP) is 2.02. The van der Waals surface area contributed by atoms with Gasteiger partial charge in [0.2, 0.25) is 15.9 Å². The van der Waals surface area contributed by atoms with Crippen molar-refractivity contribution in [3.63, 3.8) is 0 Å². The number of carbonyl (C=O) groups excluding carboxylic acids is 1. The molecule has 0 radical (unpaired) electrons. The van der Waals surface area contributed by atoms with Gasteiger partial charge in [0.05, 0.1) is 19.3 Å². The Morgan fingerprint density at radius 2 is 1.74 bits per heavy atom. The van der Waals surface area contributed by atoms with Gasteiger partial charge in [-0.2, -0.15) is 4.31 Å². The van der Waals surface area contributed by atoms with Crippen molar-refractivity contribution in [2.45, 2.75) is 30.7 Å². The first kappa shape index (κ1) is 24.6. The second-order valence-electron chi connectivity index (χ2n) is 8.75. The van der Waals surface area contributed by atoms with E-state index < -0.39 is 10.0 Å². The van der Waals surface area contributed by atoms with Crippen molar-refractivity contribution >= 4 is 21.6 Å². The minimum atomic E-state index is -3.69. The molecule has 4 rings (SSSR count). The SMILES string of the molecule is COc1ccc(NC(=O)CN2CCN(Cc3ccccn3)CC2)cc1S(=O)(=O)N1CCCCC1. The van der Waals surface area contributed by atoms with Crippen molar-refractivity contribution in [2.75, 3.05) is 58.2 Å². The molecule has 0 spiro atoms. The van der Waals surface area contributed by atoms with Gasteiger partial charge in [0.15, 0.2) is 0 Å². The van der Waals surface area contributed by atoms with Crippen molar-refractivity contribution in [1.82, 2.24) is 19.1 Å². The molecule has 2 aliphatic heterocycles. The minimum absolute atomic E-state index is 0.0952. The summed E-state index contributed by atoms with van der Waals surface area (Å²) < 4.78 is 33.2. The Balaban J connectivity index is 1.34. The molecule has 34 heavy (non-hydrogen) atoms. The summed E-state index contributed by atoms with van der Waals surface area (Å²) in [6.07, 6.45) is 4.55. The van der Waals surface area contributed by atoms with E-state index in [0.717, 1.165) is 57.7 Å². The van der Waals surface area contributed by atoms with Crippen LogP contribution in [-0.4, -0.2) is 86.3 Å². The number of aromatic nitrogens is 1. The van der Waals surface area contributed by atoms with Crippen LogP contribution in [0.5, 0.6) is 5.75 Å². The maximum atomic E-state index is 13.2. The molecular formula is C24H33N5O4S. The lowest BCUT2D eigenvalue weighted by atomic mass is 10.2. The zero-order valence-electron chi connectivity index (χ0n) is 19.6. The number of methoxy groups -OCH3 is 1. The van der Waals surface area contributed by atoms with Crippen molar-refractivity contribution in [1.29, 1.82) is 0 Å². The number of sulfonamides is 1. The fourth-order valence-electron chi connectivity index (χ4n) is 4.43. The molecule has 1 amide bonds. The summed E-state index contributed by atoms with van der Waals surface area (Å²) in [5.41, 5.74) is 1.50. The summed E-state index contributed by atoms with van der Waals surface area (Å²) in [7, 11) is -2.23. The summed E-state index contributed by atoms with van der Waals surface area (Å²) >= 11 is 0. The summed E-state index contributed by atoms with van der Waals surface area (Å²) in [5, 5.41) is 2.86. The number of pyridine rings is 1. The highest BCUT2D eigenvalue weighted by molar-refractivity contribution is 7.89. The Morgan fingerprint density at radius 3 is 2.41 bits per heavy atom. The first-order valence-corrected chi connectivity index (χ1v) is 13.2. The molecule has 1 aromatic heterocycles. The number of nitrogens with one attached hydrogen (secondary N) is 1. The monoisotopic (exact) mass is 487 g/mol. The number of benzene rings is 1. The molecule has 3 heterocycles. The topological polar surface area (TPSA) is 95.1 Å².